The minimum absolute atomic E-state index is 0.179. The van der Waals surface area contributed by atoms with Crippen LogP contribution in [0.2, 0.25) is 5.02 Å². The van der Waals surface area contributed by atoms with Crippen molar-refractivity contribution in [1.29, 1.82) is 0 Å². The van der Waals surface area contributed by atoms with Crippen molar-refractivity contribution in [3.8, 4) is 17.0 Å². The van der Waals surface area contributed by atoms with Crippen LogP contribution < -0.4 is 15.8 Å². The van der Waals surface area contributed by atoms with E-state index in [1.165, 1.54) is 13.3 Å². The van der Waals surface area contributed by atoms with Gasteiger partial charge in [0, 0.05) is 30.4 Å². The molecule has 1 aliphatic rings. The number of ether oxygens (including phenoxy) is 2. The summed E-state index contributed by atoms with van der Waals surface area (Å²) in [6.45, 7) is 6.51. The Morgan fingerprint density at radius 2 is 1.98 bits per heavy atom. The molecule has 214 valence electrons. The maximum atomic E-state index is 12.9. The molecule has 1 saturated heterocycles. The minimum Gasteiger partial charge on any atom is -0.496 e. The quantitative estimate of drug-likeness (QED) is 0.314. The lowest BCUT2D eigenvalue weighted by Crippen LogP contribution is -2.43. The van der Waals surface area contributed by atoms with Gasteiger partial charge in [-0.25, -0.2) is 14.8 Å². The average Bonchev–Trinajstić information content (AvgIpc) is 3.36. The van der Waals surface area contributed by atoms with Crippen LogP contribution in [0.15, 0.2) is 48.8 Å². The van der Waals surface area contributed by atoms with Crippen LogP contribution in [-0.2, 0) is 4.74 Å². The fourth-order valence-corrected chi connectivity index (χ4v) is 5.14. The zero-order chi connectivity index (χ0) is 29.3. The molecule has 3 N–H and O–H groups in total. The first kappa shape index (κ1) is 28.2. The number of nitrogens with two attached hydrogens (primary N) is 1. The second kappa shape index (κ2) is 11.2. The summed E-state index contributed by atoms with van der Waals surface area (Å²) < 4.78 is 13.1. The molecule has 1 fully saturated rings. The van der Waals surface area contributed by atoms with Crippen molar-refractivity contribution < 1.29 is 19.1 Å². The minimum atomic E-state index is -0.601. The van der Waals surface area contributed by atoms with E-state index in [1.54, 1.807) is 47.5 Å². The lowest BCUT2D eigenvalue weighted by molar-refractivity contribution is 0.0169. The Kier molecular flexibility index (Phi) is 7.72. The summed E-state index contributed by atoms with van der Waals surface area (Å²) in [5.41, 5.74) is 7.90. The van der Waals surface area contributed by atoms with E-state index in [4.69, 9.17) is 31.9 Å². The number of carbonyl (C=O) groups is 2. The number of fused-ring (bicyclic) bond motifs is 1. The molecule has 0 spiro atoms. The molecule has 0 radical (unpaired) electrons. The summed E-state index contributed by atoms with van der Waals surface area (Å²) in [7, 11) is 1.52. The predicted molar refractivity (Wildman–Crippen MR) is 157 cm³/mol. The Balaban J connectivity index is 1.53. The number of amides is 2. The topological polar surface area (TPSA) is 137 Å². The lowest BCUT2D eigenvalue weighted by atomic mass is 10.0. The number of halogens is 1. The van der Waals surface area contributed by atoms with Crippen molar-refractivity contribution in [2.75, 3.05) is 31.2 Å². The standard InChI is InChI=1S/C29H32ClN7O4/c1-29(2,3)41-28(39)36-13-7-8-18(16-36)37-25-20(30)15-33-26(31)23(25)24(35-37)19-11-10-17(14-21(19)40-4)27(38)34-22-9-5-6-12-32-22/h5-6,9-12,14-15,18H,7-8,13,16H2,1-4H3,(H2,31,33)(H,32,34,38)/t18-/m1/s1. The molecule has 4 aromatic rings. The number of aromatic nitrogens is 4. The van der Waals surface area contributed by atoms with Crippen LogP contribution in [0.4, 0.5) is 16.4 Å². The largest absolute Gasteiger partial charge is 0.496 e. The van der Waals surface area contributed by atoms with Crippen LogP contribution in [0.1, 0.15) is 50.0 Å². The molecule has 2 amide bonds. The first-order valence-electron chi connectivity index (χ1n) is 13.3. The van der Waals surface area contributed by atoms with Gasteiger partial charge >= 0.3 is 6.09 Å². The Morgan fingerprint density at radius 1 is 1.17 bits per heavy atom. The Labute approximate surface area is 242 Å². The summed E-state index contributed by atoms with van der Waals surface area (Å²) in [6.07, 6.45) is 4.27. The zero-order valence-corrected chi connectivity index (χ0v) is 24.1. The molecule has 5 rings (SSSR count). The molecule has 41 heavy (non-hydrogen) atoms. The molecule has 0 saturated carbocycles. The highest BCUT2D eigenvalue weighted by molar-refractivity contribution is 6.35. The normalized spacial score (nSPS) is 15.5. The predicted octanol–water partition coefficient (Wildman–Crippen LogP) is 5.56. The number of carbonyl (C=O) groups excluding carboxylic acids is 2. The number of likely N-dealkylation sites (tertiary alicyclic amines) is 1. The van der Waals surface area contributed by atoms with E-state index >= 15 is 0 Å². The molecule has 11 nitrogen and oxygen atoms in total. The number of piperidine rings is 1. The van der Waals surface area contributed by atoms with E-state index in [-0.39, 0.29) is 23.9 Å². The first-order chi connectivity index (χ1) is 19.6. The van der Waals surface area contributed by atoms with Gasteiger partial charge in [0.25, 0.3) is 5.91 Å². The van der Waals surface area contributed by atoms with Crippen molar-refractivity contribution in [3.05, 3.63) is 59.4 Å². The Morgan fingerprint density at radius 3 is 2.68 bits per heavy atom. The molecule has 0 unspecified atom stereocenters. The molecule has 3 aromatic heterocycles. The van der Waals surface area contributed by atoms with Crippen LogP contribution >= 0.6 is 11.6 Å². The number of benzene rings is 1. The molecule has 1 aliphatic heterocycles. The molecule has 0 aliphatic carbocycles. The van der Waals surface area contributed by atoms with Gasteiger partial charge in [0.1, 0.15) is 28.7 Å². The number of nitrogens with zero attached hydrogens (tertiary/aromatic N) is 5. The van der Waals surface area contributed by atoms with Crippen molar-refractivity contribution in [1.82, 2.24) is 24.6 Å². The third kappa shape index (κ3) is 5.90. The molecule has 12 heteroatoms. The third-order valence-electron chi connectivity index (χ3n) is 6.73. The van der Waals surface area contributed by atoms with Gasteiger partial charge in [0.15, 0.2) is 0 Å². The van der Waals surface area contributed by atoms with Crippen molar-refractivity contribution >= 4 is 46.1 Å². The van der Waals surface area contributed by atoms with E-state index < -0.39 is 5.60 Å². The number of pyridine rings is 2. The highest BCUT2D eigenvalue weighted by Gasteiger charge is 2.32. The number of anilines is 2. The van der Waals surface area contributed by atoms with Crippen LogP contribution in [0.3, 0.4) is 0 Å². The van der Waals surface area contributed by atoms with Gasteiger partial charge in [-0.3, -0.25) is 9.48 Å². The highest BCUT2D eigenvalue weighted by Crippen LogP contribution is 2.41. The van der Waals surface area contributed by atoms with Crippen molar-refractivity contribution in [2.24, 2.45) is 0 Å². The maximum Gasteiger partial charge on any atom is 0.410 e. The molecule has 4 heterocycles. The fourth-order valence-electron chi connectivity index (χ4n) is 4.91. The van der Waals surface area contributed by atoms with Crippen molar-refractivity contribution in [2.45, 2.75) is 45.3 Å². The van der Waals surface area contributed by atoms with Gasteiger partial charge in [0.05, 0.1) is 35.3 Å². The number of methoxy groups -OCH3 is 1. The summed E-state index contributed by atoms with van der Waals surface area (Å²) in [5, 5.41) is 8.69. The van der Waals surface area contributed by atoms with Crippen LogP contribution in [0, 0.1) is 0 Å². The summed E-state index contributed by atoms with van der Waals surface area (Å²) in [4.78, 5) is 35.9. The van der Waals surface area contributed by atoms with Gasteiger partial charge in [-0.2, -0.15) is 5.10 Å². The number of nitrogen functional groups attached to an aromatic ring is 1. The molecule has 0 bridgehead atoms. The van der Waals surface area contributed by atoms with E-state index in [2.05, 4.69) is 15.3 Å². The van der Waals surface area contributed by atoms with Gasteiger partial charge in [-0.15, -0.1) is 0 Å². The van der Waals surface area contributed by atoms with Crippen LogP contribution in [0.25, 0.3) is 22.2 Å². The number of rotatable bonds is 5. The average molecular weight is 578 g/mol. The molecule has 1 atom stereocenters. The highest BCUT2D eigenvalue weighted by atomic mass is 35.5. The number of hydrogen-bond acceptors (Lipinski definition) is 8. The van der Waals surface area contributed by atoms with E-state index in [0.717, 1.165) is 12.8 Å². The Hall–Kier alpha value is -4.38. The fraction of sp³-hybridized carbons (Fsp3) is 0.345. The lowest BCUT2D eigenvalue weighted by Gasteiger charge is -2.34. The van der Waals surface area contributed by atoms with E-state index in [0.29, 0.717) is 57.4 Å². The molecule has 1 aromatic carbocycles. The molecular weight excluding hydrogens is 546 g/mol. The summed E-state index contributed by atoms with van der Waals surface area (Å²) >= 11 is 6.68. The third-order valence-corrected chi connectivity index (χ3v) is 7.01. The monoisotopic (exact) mass is 577 g/mol. The van der Waals surface area contributed by atoms with Crippen LogP contribution in [0.5, 0.6) is 5.75 Å². The van der Waals surface area contributed by atoms with Gasteiger partial charge in [-0.1, -0.05) is 17.7 Å². The van der Waals surface area contributed by atoms with Gasteiger partial charge in [-0.05, 0) is 63.9 Å². The van der Waals surface area contributed by atoms with Crippen LogP contribution in [-0.4, -0.2) is 62.4 Å². The van der Waals surface area contributed by atoms with Gasteiger partial charge in [0.2, 0.25) is 0 Å². The maximum absolute atomic E-state index is 12.9. The zero-order valence-electron chi connectivity index (χ0n) is 23.3. The second-order valence-corrected chi connectivity index (χ2v) is 11.2. The van der Waals surface area contributed by atoms with Gasteiger partial charge < -0.3 is 25.4 Å². The van der Waals surface area contributed by atoms with E-state index in [1.807, 2.05) is 25.5 Å². The summed E-state index contributed by atoms with van der Waals surface area (Å²) in [6, 6.07) is 10.2. The second-order valence-electron chi connectivity index (χ2n) is 10.8. The molecular formula is C29H32ClN7O4. The summed E-state index contributed by atoms with van der Waals surface area (Å²) in [5.74, 6) is 0.775. The number of hydrogen-bond donors (Lipinski definition) is 2. The number of nitrogens with one attached hydrogen (secondary N) is 1. The SMILES string of the molecule is COc1cc(C(=O)Nc2ccccn2)ccc1-c1nn([C@@H]2CCCN(C(=O)OC(C)(C)C)C2)c2c(Cl)cnc(N)c12. The first-order valence-corrected chi connectivity index (χ1v) is 13.6. The Bertz CT molecular complexity index is 1600. The smallest absolute Gasteiger partial charge is 0.410 e. The van der Waals surface area contributed by atoms with E-state index in [9.17, 15) is 9.59 Å². The van der Waals surface area contributed by atoms with Crippen molar-refractivity contribution in [3.63, 3.8) is 0 Å².